The number of ketones is 1. The van der Waals surface area contributed by atoms with Gasteiger partial charge in [-0.25, -0.2) is 0 Å². The number of aryl methyl sites for hydroxylation is 3. The van der Waals surface area contributed by atoms with Gasteiger partial charge in [0.15, 0.2) is 0 Å². The number of phenols is 1. The summed E-state index contributed by atoms with van der Waals surface area (Å²) in [6, 6.07) is 14.9. The molecule has 2 saturated carbocycles. The molecule has 2 aromatic carbocycles. The molecule has 5 rings (SSSR count). The van der Waals surface area contributed by atoms with Crippen LogP contribution in [0.5, 0.6) is 5.75 Å². The molecular formula is C27H32O2. The molecule has 0 saturated heterocycles. The predicted octanol–water partition coefficient (Wildman–Crippen LogP) is 5.98. The van der Waals surface area contributed by atoms with E-state index in [1.54, 1.807) is 0 Å². The highest BCUT2D eigenvalue weighted by Gasteiger charge is 2.58. The molecule has 1 N–H and O–H groups in total. The van der Waals surface area contributed by atoms with E-state index in [1.807, 2.05) is 12.1 Å². The molecule has 152 valence electrons. The maximum atomic E-state index is 13.1. The highest BCUT2D eigenvalue weighted by molar-refractivity contribution is 5.87. The molecule has 0 spiro atoms. The maximum Gasteiger partial charge on any atom is 0.139 e. The van der Waals surface area contributed by atoms with Crippen molar-refractivity contribution in [3.63, 3.8) is 0 Å². The summed E-state index contributed by atoms with van der Waals surface area (Å²) in [6.07, 6.45) is 7.32. The molecule has 3 aliphatic carbocycles. The second-order valence-electron chi connectivity index (χ2n) is 10.1. The van der Waals surface area contributed by atoms with Crippen molar-refractivity contribution < 1.29 is 9.90 Å². The summed E-state index contributed by atoms with van der Waals surface area (Å²) in [5.41, 5.74) is 5.36. The smallest absolute Gasteiger partial charge is 0.139 e. The van der Waals surface area contributed by atoms with Crippen LogP contribution < -0.4 is 0 Å². The molecule has 1 unspecified atom stereocenters. The maximum absolute atomic E-state index is 13.1. The van der Waals surface area contributed by atoms with Gasteiger partial charge in [0.1, 0.15) is 11.5 Å². The minimum absolute atomic E-state index is 0.118. The molecule has 0 bridgehead atoms. The highest BCUT2D eigenvalue weighted by atomic mass is 16.3. The van der Waals surface area contributed by atoms with Crippen molar-refractivity contribution in [1.82, 2.24) is 0 Å². The number of hydrogen-bond acceptors (Lipinski definition) is 2. The van der Waals surface area contributed by atoms with Gasteiger partial charge in [0, 0.05) is 11.8 Å². The predicted molar refractivity (Wildman–Crippen MR) is 116 cm³/mol. The van der Waals surface area contributed by atoms with Gasteiger partial charge in [-0.15, -0.1) is 0 Å². The Morgan fingerprint density at radius 3 is 2.69 bits per heavy atom. The summed E-state index contributed by atoms with van der Waals surface area (Å²) in [6.45, 7) is 4.40. The quantitative estimate of drug-likeness (QED) is 0.702. The first-order valence-electron chi connectivity index (χ1n) is 11.4. The van der Waals surface area contributed by atoms with E-state index in [0.29, 0.717) is 35.2 Å². The van der Waals surface area contributed by atoms with Crippen molar-refractivity contribution in [3.8, 4) is 5.75 Å². The zero-order valence-electron chi connectivity index (χ0n) is 17.7. The van der Waals surface area contributed by atoms with Crippen molar-refractivity contribution in [3.05, 3.63) is 64.7 Å². The van der Waals surface area contributed by atoms with E-state index in [4.69, 9.17) is 0 Å². The molecule has 2 heteroatoms. The topological polar surface area (TPSA) is 37.3 Å². The van der Waals surface area contributed by atoms with Gasteiger partial charge in [-0.2, -0.15) is 0 Å². The Balaban J connectivity index is 1.41. The van der Waals surface area contributed by atoms with Gasteiger partial charge < -0.3 is 5.11 Å². The van der Waals surface area contributed by atoms with Crippen LogP contribution in [0.4, 0.5) is 0 Å². The highest BCUT2D eigenvalue weighted by Crippen LogP contribution is 2.62. The number of rotatable bonds is 3. The standard InChI is InChI=1S/C27H32O2/c1-17-3-5-18(6-4-17)7-8-20-16-25(29)27(2)14-13-23-22-12-10-21(28)15-19(22)9-11-24(23)26(20)27/h3-6,10,12,15,20,23-24,26,28H,7-9,11,13-14,16H2,1-2H3/t20?,23-,24-,26+,27-/m1/s1. The Hall–Kier alpha value is -2.09. The number of benzene rings is 2. The lowest BCUT2D eigenvalue weighted by Gasteiger charge is -2.50. The van der Waals surface area contributed by atoms with E-state index in [-0.39, 0.29) is 5.41 Å². The minimum Gasteiger partial charge on any atom is -0.508 e. The summed E-state index contributed by atoms with van der Waals surface area (Å²) in [7, 11) is 0. The van der Waals surface area contributed by atoms with Crippen molar-refractivity contribution in [2.75, 3.05) is 0 Å². The van der Waals surface area contributed by atoms with Crippen molar-refractivity contribution in [2.24, 2.45) is 23.2 Å². The molecule has 2 nitrogen and oxygen atoms in total. The SMILES string of the molecule is Cc1ccc(CCC2CC(=O)[C@@]3(C)CC[C@@H]4c5ccc(O)cc5CC[C@H]4[C@H]23)cc1. The average Bonchev–Trinajstić information content (AvgIpc) is 2.97. The average molecular weight is 389 g/mol. The van der Waals surface area contributed by atoms with E-state index in [1.165, 1.54) is 22.3 Å². The van der Waals surface area contributed by atoms with Crippen molar-refractivity contribution >= 4 is 5.78 Å². The number of carbonyl (C=O) groups is 1. The van der Waals surface area contributed by atoms with Gasteiger partial charge in [0.2, 0.25) is 0 Å². The monoisotopic (exact) mass is 388 g/mol. The van der Waals surface area contributed by atoms with Gasteiger partial charge in [-0.3, -0.25) is 4.79 Å². The molecule has 2 aromatic rings. The van der Waals surface area contributed by atoms with E-state index in [0.717, 1.165) is 44.9 Å². The first kappa shape index (κ1) is 18.9. The number of fused-ring (bicyclic) bond motifs is 5. The number of Topliss-reactive ketones (excluding diaryl/α,β-unsaturated/α-hetero) is 1. The van der Waals surface area contributed by atoms with Crippen LogP contribution in [0.1, 0.15) is 67.2 Å². The zero-order chi connectivity index (χ0) is 20.2. The molecule has 5 atom stereocenters. The third-order valence-electron chi connectivity index (χ3n) is 8.48. The Kier molecular flexibility index (Phi) is 4.57. The van der Waals surface area contributed by atoms with Crippen molar-refractivity contribution in [2.45, 2.75) is 64.7 Å². The second-order valence-corrected chi connectivity index (χ2v) is 10.1. The first-order valence-corrected chi connectivity index (χ1v) is 11.4. The number of carbonyl (C=O) groups excluding carboxylic acids is 1. The lowest BCUT2D eigenvalue weighted by Crippen LogP contribution is -2.44. The van der Waals surface area contributed by atoms with Gasteiger partial charge >= 0.3 is 0 Å². The first-order chi connectivity index (χ1) is 14.0. The molecule has 0 radical (unpaired) electrons. The Labute approximate surface area is 174 Å². The number of hydrogen-bond donors (Lipinski definition) is 1. The van der Waals surface area contributed by atoms with Crippen molar-refractivity contribution in [1.29, 1.82) is 0 Å². The largest absolute Gasteiger partial charge is 0.508 e. The Bertz CT molecular complexity index is 928. The Morgan fingerprint density at radius 2 is 1.90 bits per heavy atom. The summed E-state index contributed by atoms with van der Waals surface area (Å²) in [4.78, 5) is 13.1. The van der Waals surface area contributed by atoms with E-state index in [9.17, 15) is 9.90 Å². The van der Waals surface area contributed by atoms with Crippen LogP contribution in [-0.4, -0.2) is 10.9 Å². The summed E-state index contributed by atoms with van der Waals surface area (Å²) >= 11 is 0. The van der Waals surface area contributed by atoms with Gasteiger partial charge in [0.25, 0.3) is 0 Å². The van der Waals surface area contributed by atoms with Gasteiger partial charge in [0.05, 0.1) is 0 Å². The lowest BCUT2D eigenvalue weighted by molar-refractivity contribution is -0.129. The van der Waals surface area contributed by atoms with Crippen LogP contribution in [0.15, 0.2) is 42.5 Å². The second kappa shape index (κ2) is 7.00. The number of phenolic OH excluding ortho intramolecular Hbond substituents is 1. The van der Waals surface area contributed by atoms with E-state index in [2.05, 4.69) is 44.2 Å². The fourth-order valence-corrected chi connectivity index (χ4v) is 7.00. The van der Waals surface area contributed by atoms with E-state index < -0.39 is 0 Å². The Morgan fingerprint density at radius 1 is 1.10 bits per heavy atom. The lowest BCUT2D eigenvalue weighted by atomic mass is 9.54. The van der Waals surface area contributed by atoms with E-state index >= 15 is 0 Å². The van der Waals surface area contributed by atoms with Crippen LogP contribution in [0, 0.1) is 30.1 Å². The summed E-state index contributed by atoms with van der Waals surface area (Å²) < 4.78 is 0. The normalized spacial score (nSPS) is 33.1. The molecule has 0 aromatic heterocycles. The number of aromatic hydroxyl groups is 1. The van der Waals surface area contributed by atoms with Crippen LogP contribution in [0.2, 0.25) is 0 Å². The van der Waals surface area contributed by atoms with Crippen LogP contribution in [-0.2, 0) is 17.6 Å². The minimum atomic E-state index is -0.118. The third-order valence-corrected chi connectivity index (χ3v) is 8.48. The zero-order valence-corrected chi connectivity index (χ0v) is 17.7. The molecule has 29 heavy (non-hydrogen) atoms. The molecular weight excluding hydrogens is 356 g/mol. The summed E-state index contributed by atoms with van der Waals surface area (Å²) in [5, 5.41) is 9.90. The molecule has 2 fully saturated rings. The van der Waals surface area contributed by atoms with Crippen LogP contribution in [0.3, 0.4) is 0 Å². The third kappa shape index (κ3) is 3.12. The fourth-order valence-electron chi connectivity index (χ4n) is 7.00. The fraction of sp³-hybridized carbons (Fsp3) is 0.519. The van der Waals surface area contributed by atoms with Gasteiger partial charge in [-0.05, 0) is 97.9 Å². The van der Waals surface area contributed by atoms with Crippen LogP contribution in [0.25, 0.3) is 0 Å². The molecule has 0 heterocycles. The van der Waals surface area contributed by atoms with Crippen LogP contribution >= 0.6 is 0 Å². The summed E-state index contributed by atoms with van der Waals surface area (Å²) in [5.74, 6) is 3.10. The molecule has 3 aliphatic rings. The van der Waals surface area contributed by atoms with Gasteiger partial charge in [-0.1, -0.05) is 42.8 Å². The molecule has 0 amide bonds. The molecule has 0 aliphatic heterocycles.